The van der Waals surface area contributed by atoms with Crippen LogP contribution in [0.5, 0.6) is 0 Å². The highest BCUT2D eigenvalue weighted by atomic mass is 16.2. The number of rotatable bonds is 5. The SMILES string of the molecule is CCN(CC(=O)NC(N)=O)C(C)(C)CN. The van der Waals surface area contributed by atoms with Crippen molar-refractivity contribution in [3.63, 3.8) is 0 Å². The predicted octanol–water partition coefficient (Wildman–Crippen LogP) is -0.759. The summed E-state index contributed by atoms with van der Waals surface area (Å²) in [6.07, 6.45) is 0. The van der Waals surface area contributed by atoms with Gasteiger partial charge in [0.2, 0.25) is 5.91 Å². The summed E-state index contributed by atoms with van der Waals surface area (Å²) in [6, 6.07) is -0.832. The Hall–Kier alpha value is -1.14. The van der Waals surface area contributed by atoms with Gasteiger partial charge in [-0.25, -0.2) is 4.79 Å². The van der Waals surface area contributed by atoms with Crippen LogP contribution in [0.2, 0.25) is 0 Å². The molecule has 6 heteroatoms. The lowest BCUT2D eigenvalue weighted by Gasteiger charge is -2.36. The Kier molecular flexibility index (Phi) is 5.24. The minimum atomic E-state index is -0.832. The summed E-state index contributed by atoms with van der Waals surface area (Å²) in [4.78, 5) is 23.6. The molecule has 0 aliphatic carbocycles. The molecule has 0 heterocycles. The number of nitrogens with two attached hydrogens (primary N) is 2. The molecule has 3 amide bonds. The number of urea groups is 1. The highest BCUT2D eigenvalue weighted by Crippen LogP contribution is 2.11. The van der Waals surface area contributed by atoms with Gasteiger partial charge in [-0.3, -0.25) is 15.0 Å². The van der Waals surface area contributed by atoms with Gasteiger partial charge in [0.15, 0.2) is 0 Å². The Morgan fingerprint density at radius 3 is 2.27 bits per heavy atom. The van der Waals surface area contributed by atoms with Crippen molar-refractivity contribution in [1.82, 2.24) is 10.2 Å². The highest BCUT2D eigenvalue weighted by Gasteiger charge is 2.25. The van der Waals surface area contributed by atoms with Crippen LogP contribution < -0.4 is 16.8 Å². The van der Waals surface area contributed by atoms with Crippen molar-refractivity contribution in [2.45, 2.75) is 26.3 Å². The summed E-state index contributed by atoms with van der Waals surface area (Å²) in [5.41, 5.74) is 10.2. The van der Waals surface area contributed by atoms with Gasteiger partial charge >= 0.3 is 6.03 Å². The van der Waals surface area contributed by atoms with E-state index in [0.29, 0.717) is 13.1 Å². The predicted molar refractivity (Wildman–Crippen MR) is 58.1 cm³/mol. The number of primary amides is 1. The second-order valence-corrected chi connectivity index (χ2v) is 3.94. The summed E-state index contributed by atoms with van der Waals surface area (Å²) < 4.78 is 0. The minimum Gasteiger partial charge on any atom is -0.351 e. The molecule has 0 rings (SSSR count). The first-order chi connectivity index (χ1) is 6.83. The van der Waals surface area contributed by atoms with Crippen LogP contribution in [-0.2, 0) is 4.79 Å². The van der Waals surface area contributed by atoms with E-state index in [1.165, 1.54) is 0 Å². The molecule has 0 aliphatic rings. The van der Waals surface area contributed by atoms with E-state index in [1.54, 1.807) is 0 Å². The molecule has 0 unspecified atom stereocenters. The number of carbonyl (C=O) groups excluding carboxylic acids is 2. The third kappa shape index (κ3) is 4.75. The van der Waals surface area contributed by atoms with E-state index in [1.807, 2.05) is 31.0 Å². The molecule has 0 aliphatic heterocycles. The third-order valence-electron chi connectivity index (χ3n) is 2.33. The van der Waals surface area contributed by atoms with Gasteiger partial charge in [0, 0.05) is 12.1 Å². The molecule has 0 atom stereocenters. The third-order valence-corrected chi connectivity index (χ3v) is 2.33. The molecule has 15 heavy (non-hydrogen) atoms. The molecule has 5 N–H and O–H groups in total. The Labute approximate surface area is 90.0 Å². The van der Waals surface area contributed by atoms with Crippen molar-refractivity contribution in [3.8, 4) is 0 Å². The van der Waals surface area contributed by atoms with E-state index in [2.05, 4.69) is 0 Å². The molecule has 0 aromatic heterocycles. The van der Waals surface area contributed by atoms with Crippen LogP contribution in [0.1, 0.15) is 20.8 Å². The molecule has 0 saturated carbocycles. The maximum Gasteiger partial charge on any atom is 0.318 e. The van der Waals surface area contributed by atoms with Crippen LogP contribution in [-0.4, -0.2) is 42.0 Å². The van der Waals surface area contributed by atoms with E-state index in [-0.39, 0.29) is 12.1 Å². The minimum absolute atomic E-state index is 0.115. The van der Waals surface area contributed by atoms with E-state index in [4.69, 9.17) is 11.5 Å². The Bertz CT molecular complexity index is 240. The number of carbonyl (C=O) groups is 2. The Morgan fingerprint density at radius 1 is 1.40 bits per heavy atom. The number of nitrogens with zero attached hydrogens (tertiary/aromatic N) is 1. The summed E-state index contributed by atoms with van der Waals surface area (Å²) in [5.74, 6) is -0.411. The van der Waals surface area contributed by atoms with Gasteiger partial charge in [-0.1, -0.05) is 6.92 Å². The highest BCUT2D eigenvalue weighted by molar-refractivity contribution is 5.94. The summed E-state index contributed by atoms with van der Waals surface area (Å²) >= 11 is 0. The lowest BCUT2D eigenvalue weighted by molar-refractivity contribution is -0.122. The first-order valence-electron chi connectivity index (χ1n) is 4.88. The zero-order valence-electron chi connectivity index (χ0n) is 9.54. The van der Waals surface area contributed by atoms with Crippen molar-refractivity contribution in [1.29, 1.82) is 0 Å². The standard InChI is InChI=1S/C9H20N4O2/c1-4-13(9(2,3)6-10)5-7(14)12-8(11)15/h4-6,10H2,1-3H3,(H3,11,12,14,15). The number of imide groups is 1. The first-order valence-corrected chi connectivity index (χ1v) is 4.88. The number of nitrogens with one attached hydrogen (secondary N) is 1. The Morgan fingerprint density at radius 2 is 1.93 bits per heavy atom. The number of hydrogen-bond acceptors (Lipinski definition) is 4. The average Bonchev–Trinajstić information content (AvgIpc) is 2.12. The smallest absolute Gasteiger partial charge is 0.318 e. The van der Waals surface area contributed by atoms with E-state index in [0.717, 1.165) is 0 Å². The van der Waals surface area contributed by atoms with Crippen LogP contribution in [0.15, 0.2) is 0 Å². The largest absolute Gasteiger partial charge is 0.351 e. The normalized spacial score (nSPS) is 11.5. The molecule has 0 aromatic rings. The summed E-state index contributed by atoms with van der Waals surface area (Å²) in [5, 5.41) is 2.02. The fourth-order valence-corrected chi connectivity index (χ4v) is 1.23. The molecule has 0 fully saturated rings. The number of hydrogen-bond donors (Lipinski definition) is 3. The average molecular weight is 216 g/mol. The number of amides is 3. The molecule has 0 saturated heterocycles. The fraction of sp³-hybridized carbons (Fsp3) is 0.778. The van der Waals surface area contributed by atoms with E-state index in [9.17, 15) is 9.59 Å². The zero-order chi connectivity index (χ0) is 12.1. The van der Waals surface area contributed by atoms with E-state index >= 15 is 0 Å². The summed E-state index contributed by atoms with van der Waals surface area (Å²) in [6.45, 7) is 7.03. The summed E-state index contributed by atoms with van der Waals surface area (Å²) in [7, 11) is 0. The second kappa shape index (κ2) is 5.67. The van der Waals surface area contributed by atoms with Crippen LogP contribution in [0, 0.1) is 0 Å². The molecule has 6 nitrogen and oxygen atoms in total. The molecule has 0 bridgehead atoms. The fourth-order valence-electron chi connectivity index (χ4n) is 1.23. The maximum absolute atomic E-state index is 11.3. The molecule has 0 radical (unpaired) electrons. The van der Waals surface area contributed by atoms with E-state index < -0.39 is 11.9 Å². The topological polar surface area (TPSA) is 101 Å². The maximum atomic E-state index is 11.3. The second-order valence-electron chi connectivity index (χ2n) is 3.94. The number of likely N-dealkylation sites (N-methyl/N-ethyl adjacent to an activating group) is 1. The van der Waals surface area contributed by atoms with Gasteiger partial charge in [-0.15, -0.1) is 0 Å². The van der Waals surface area contributed by atoms with Crippen molar-refractivity contribution < 1.29 is 9.59 Å². The van der Waals surface area contributed by atoms with Crippen LogP contribution in [0.25, 0.3) is 0 Å². The zero-order valence-corrected chi connectivity index (χ0v) is 9.54. The van der Waals surface area contributed by atoms with Gasteiger partial charge in [-0.05, 0) is 20.4 Å². The van der Waals surface area contributed by atoms with Crippen LogP contribution in [0.3, 0.4) is 0 Å². The lowest BCUT2D eigenvalue weighted by Crippen LogP contribution is -2.53. The molecule has 88 valence electrons. The van der Waals surface area contributed by atoms with Gasteiger partial charge in [0.05, 0.1) is 6.54 Å². The van der Waals surface area contributed by atoms with Crippen molar-refractivity contribution in [2.75, 3.05) is 19.6 Å². The van der Waals surface area contributed by atoms with Crippen molar-refractivity contribution in [2.24, 2.45) is 11.5 Å². The van der Waals surface area contributed by atoms with Crippen LogP contribution >= 0.6 is 0 Å². The van der Waals surface area contributed by atoms with Crippen LogP contribution in [0.4, 0.5) is 4.79 Å². The Balaban J connectivity index is 4.33. The molecular weight excluding hydrogens is 196 g/mol. The van der Waals surface area contributed by atoms with Gasteiger partial charge in [0.1, 0.15) is 0 Å². The van der Waals surface area contributed by atoms with Crippen molar-refractivity contribution >= 4 is 11.9 Å². The lowest BCUT2D eigenvalue weighted by atomic mass is 10.0. The van der Waals surface area contributed by atoms with Crippen molar-refractivity contribution in [3.05, 3.63) is 0 Å². The molecule has 0 spiro atoms. The van der Waals surface area contributed by atoms with Gasteiger partial charge in [0.25, 0.3) is 0 Å². The molecular formula is C9H20N4O2. The quantitative estimate of drug-likeness (QED) is 0.562. The first kappa shape index (κ1) is 13.9. The van der Waals surface area contributed by atoms with Gasteiger partial charge < -0.3 is 11.5 Å². The van der Waals surface area contributed by atoms with Gasteiger partial charge in [-0.2, -0.15) is 0 Å². The molecule has 0 aromatic carbocycles. The monoisotopic (exact) mass is 216 g/mol.